The molecule has 0 aromatic heterocycles. The number of carbonyl (C=O) groups excluding carboxylic acids is 2. The summed E-state index contributed by atoms with van der Waals surface area (Å²) >= 11 is 0. The largest absolute Gasteiger partial charge is 0.363 e. The van der Waals surface area contributed by atoms with Gasteiger partial charge in [-0.15, -0.1) is 0 Å². The van der Waals surface area contributed by atoms with Gasteiger partial charge in [0.2, 0.25) is 5.91 Å². The van der Waals surface area contributed by atoms with Gasteiger partial charge in [-0.3, -0.25) is 9.59 Å². The lowest BCUT2D eigenvalue weighted by atomic mass is 9.88. The number of hydrogen-bond donors (Lipinski definition) is 0. The number of carbonyl (C=O) groups is 2. The van der Waals surface area contributed by atoms with Crippen LogP contribution in [0.4, 0.5) is 10.1 Å². The number of nitrogens with zero attached hydrogens (tertiary/aromatic N) is 2. The van der Waals surface area contributed by atoms with Crippen LogP contribution in [0.3, 0.4) is 0 Å². The predicted molar refractivity (Wildman–Crippen MR) is 108 cm³/mol. The van der Waals surface area contributed by atoms with Crippen LogP contribution in [0.15, 0.2) is 48.5 Å². The minimum absolute atomic E-state index is 0.0200. The predicted octanol–water partition coefficient (Wildman–Crippen LogP) is 3.10. The number of halogens is 1. The van der Waals surface area contributed by atoms with Crippen molar-refractivity contribution < 1.29 is 18.7 Å². The summed E-state index contributed by atoms with van der Waals surface area (Å²) in [5, 5.41) is 0. The van der Waals surface area contributed by atoms with Gasteiger partial charge in [0.15, 0.2) is 0 Å². The van der Waals surface area contributed by atoms with Crippen molar-refractivity contribution in [2.45, 2.75) is 31.8 Å². The fourth-order valence-corrected chi connectivity index (χ4v) is 4.05. The Morgan fingerprint density at radius 3 is 2.55 bits per heavy atom. The van der Waals surface area contributed by atoms with Crippen LogP contribution in [-0.2, 0) is 20.7 Å². The normalized spacial score (nSPS) is 18.9. The summed E-state index contributed by atoms with van der Waals surface area (Å²) in [5.74, 6) is -0.427. The molecule has 0 N–H and O–H groups in total. The molecule has 0 atom stereocenters. The zero-order valence-electron chi connectivity index (χ0n) is 16.6. The molecule has 0 bridgehead atoms. The quantitative estimate of drug-likeness (QED) is 0.801. The van der Waals surface area contributed by atoms with E-state index < -0.39 is 5.60 Å². The molecule has 4 rings (SSSR count). The van der Waals surface area contributed by atoms with E-state index >= 15 is 0 Å². The number of rotatable bonds is 3. The van der Waals surface area contributed by atoms with Crippen LogP contribution in [0.2, 0.25) is 0 Å². The number of ether oxygens (including phenoxy) is 1. The summed E-state index contributed by atoms with van der Waals surface area (Å²) in [6.45, 7) is 3.58. The first kappa shape index (κ1) is 19.6. The second-order valence-corrected chi connectivity index (χ2v) is 7.97. The Labute approximate surface area is 170 Å². The van der Waals surface area contributed by atoms with Crippen molar-refractivity contribution in [3.05, 3.63) is 65.5 Å². The Bertz CT molecular complexity index is 905. The maximum Gasteiger partial charge on any atom is 0.253 e. The van der Waals surface area contributed by atoms with Gasteiger partial charge in [-0.25, -0.2) is 4.39 Å². The summed E-state index contributed by atoms with van der Waals surface area (Å²) in [6.07, 6.45) is 1.71. The maximum atomic E-state index is 13.6. The van der Waals surface area contributed by atoms with Crippen molar-refractivity contribution in [3.8, 4) is 0 Å². The number of aryl methyl sites for hydroxylation is 1. The minimum atomic E-state index is -0.485. The van der Waals surface area contributed by atoms with Crippen molar-refractivity contribution in [2.24, 2.45) is 0 Å². The van der Waals surface area contributed by atoms with E-state index in [4.69, 9.17) is 4.74 Å². The highest BCUT2D eigenvalue weighted by molar-refractivity contribution is 5.95. The first-order valence-corrected chi connectivity index (χ1v) is 9.97. The highest BCUT2D eigenvalue weighted by Gasteiger charge is 2.43. The standard InChI is InChI=1S/C23H25FN2O3/c1-17-5-7-18(8-6-17)13-21(27)25-11-9-23(10-12-25)16-26(22(28)15-29-23)20-4-2-3-19(24)14-20/h2-8,14H,9-13,15-16H2,1H3. The van der Waals surface area contributed by atoms with Crippen LogP contribution < -0.4 is 4.90 Å². The van der Waals surface area contributed by atoms with Gasteiger partial charge in [0.05, 0.1) is 18.6 Å². The summed E-state index contributed by atoms with van der Waals surface area (Å²) in [5.41, 5.74) is 2.25. The molecule has 0 unspecified atom stereocenters. The van der Waals surface area contributed by atoms with Gasteiger partial charge in [0.25, 0.3) is 5.91 Å². The van der Waals surface area contributed by atoms with Crippen molar-refractivity contribution in [1.82, 2.24) is 4.90 Å². The molecule has 2 aromatic rings. The fraction of sp³-hybridized carbons (Fsp3) is 0.391. The molecule has 2 heterocycles. The molecule has 2 aliphatic heterocycles. The molecule has 2 aliphatic rings. The molecule has 0 saturated carbocycles. The van der Waals surface area contributed by atoms with E-state index in [0.29, 0.717) is 44.6 Å². The van der Waals surface area contributed by atoms with Crippen LogP contribution in [0.5, 0.6) is 0 Å². The average Bonchev–Trinajstić information content (AvgIpc) is 2.72. The van der Waals surface area contributed by atoms with Crippen molar-refractivity contribution >= 4 is 17.5 Å². The Hall–Kier alpha value is -2.73. The number of amides is 2. The molecule has 2 fully saturated rings. The van der Waals surface area contributed by atoms with E-state index in [-0.39, 0.29) is 24.2 Å². The van der Waals surface area contributed by atoms with Gasteiger partial charge in [0, 0.05) is 18.8 Å². The second-order valence-electron chi connectivity index (χ2n) is 7.97. The Morgan fingerprint density at radius 2 is 1.86 bits per heavy atom. The zero-order valence-corrected chi connectivity index (χ0v) is 16.6. The van der Waals surface area contributed by atoms with Gasteiger partial charge in [0.1, 0.15) is 12.4 Å². The van der Waals surface area contributed by atoms with Crippen molar-refractivity contribution in [2.75, 3.05) is 31.1 Å². The van der Waals surface area contributed by atoms with E-state index in [0.717, 1.165) is 5.56 Å². The van der Waals surface area contributed by atoms with Gasteiger partial charge in [-0.05, 0) is 43.5 Å². The Morgan fingerprint density at radius 1 is 1.14 bits per heavy atom. The molecule has 2 saturated heterocycles. The second kappa shape index (κ2) is 7.95. The molecule has 152 valence electrons. The first-order valence-electron chi connectivity index (χ1n) is 9.97. The molecular weight excluding hydrogens is 371 g/mol. The summed E-state index contributed by atoms with van der Waals surface area (Å²) < 4.78 is 19.5. The Balaban J connectivity index is 1.39. The molecule has 2 aromatic carbocycles. The lowest BCUT2D eigenvalue weighted by Crippen LogP contribution is -2.59. The fourth-order valence-electron chi connectivity index (χ4n) is 4.05. The topological polar surface area (TPSA) is 49.9 Å². The minimum Gasteiger partial charge on any atom is -0.363 e. The van der Waals surface area contributed by atoms with Crippen LogP contribution >= 0.6 is 0 Å². The third-order valence-corrected chi connectivity index (χ3v) is 5.87. The third kappa shape index (κ3) is 4.32. The monoisotopic (exact) mass is 396 g/mol. The lowest BCUT2D eigenvalue weighted by Gasteiger charge is -2.47. The van der Waals surface area contributed by atoms with E-state index in [1.165, 1.54) is 17.7 Å². The van der Waals surface area contributed by atoms with E-state index in [2.05, 4.69) is 0 Å². The molecular formula is C23H25FN2O3. The Kier molecular flexibility index (Phi) is 5.37. The van der Waals surface area contributed by atoms with Crippen LogP contribution in [0.25, 0.3) is 0 Å². The first-order chi connectivity index (χ1) is 13.9. The number of hydrogen-bond acceptors (Lipinski definition) is 3. The van der Waals surface area contributed by atoms with E-state index in [9.17, 15) is 14.0 Å². The van der Waals surface area contributed by atoms with Crippen LogP contribution in [-0.4, -0.2) is 48.6 Å². The number of likely N-dealkylation sites (tertiary alicyclic amines) is 1. The van der Waals surface area contributed by atoms with Crippen LogP contribution in [0, 0.1) is 12.7 Å². The third-order valence-electron chi connectivity index (χ3n) is 5.87. The molecule has 5 nitrogen and oxygen atoms in total. The summed E-state index contributed by atoms with van der Waals surface area (Å²) in [7, 11) is 0. The lowest BCUT2D eigenvalue weighted by molar-refractivity contribution is -0.150. The van der Waals surface area contributed by atoms with E-state index in [1.807, 2.05) is 36.1 Å². The van der Waals surface area contributed by atoms with Crippen LogP contribution in [0.1, 0.15) is 24.0 Å². The maximum absolute atomic E-state index is 13.6. The van der Waals surface area contributed by atoms with Gasteiger partial charge in [-0.1, -0.05) is 35.9 Å². The highest BCUT2D eigenvalue weighted by Crippen LogP contribution is 2.33. The number of anilines is 1. The molecule has 6 heteroatoms. The number of piperidine rings is 1. The molecule has 0 radical (unpaired) electrons. The summed E-state index contributed by atoms with van der Waals surface area (Å²) in [4.78, 5) is 28.5. The molecule has 29 heavy (non-hydrogen) atoms. The molecule has 0 aliphatic carbocycles. The van der Waals surface area contributed by atoms with Crippen molar-refractivity contribution in [3.63, 3.8) is 0 Å². The molecule has 2 amide bonds. The highest BCUT2D eigenvalue weighted by atomic mass is 19.1. The zero-order chi connectivity index (χ0) is 20.4. The number of benzene rings is 2. The van der Waals surface area contributed by atoms with Crippen molar-refractivity contribution in [1.29, 1.82) is 0 Å². The summed E-state index contributed by atoms with van der Waals surface area (Å²) in [6, 6.07) is 14.1. The van der Waals surface area contributed by atoms with Gasteiger partial charge >= 0.3 is 0 Å². The van der Waals surface area contributed by atoms with E-state index in [1.54, 1.807) is 17.0 Å². The SMILES string of the molecule is Cc1ccc(CC(=O)N2CCC3(CC2)CN(c2cccc(F)c2)C(=O)CO3)cc1. The molecule has 1 spiro atoms. The average molecular weight is 396 g/mol. The van der Waals surface area contributed by atoms with Gasteiger partial charge < -0.3 is 14.5 Å². The number of morpholine rings is 1. The van der Waals surface area contributed by atoms with Gasteiger partial charge in [-0.2, -0.15) is 0 Å². The smallest absolute Gasteiger partial charge is 0.253 e.